The van der Waals surface area contributed by atoms with E-state index in [1.807, 2.05) is 42.4 Å². The number of carbonyl (C=O) groups is 1. The van der Waals surface area contributed by atoms with E-state index in [2.05, 4.69) is 41.3 Å². The first kappa shape index (κ1) is 20.1. The maximum absolute atomic E-state index is 12.8. The summed E-state index contributed by atoms with van der Waals surface area (Å²) in [5.41, 5.74) is 4.40. The number of aromatic nitrogens is 4. The lowest BCUT2D eigenvalue weighted by molar-refractivity contribution is -0.133. The number of carbonyl (C=O) groups excluding carboxylic acids is 1. The second kappa shape index (κ2) is 8.65. The van der Waals surface area contributed by atoms with Crippen LogP contribution in [0.1, 0.15) is 30.0 Å². The SMILES string of the molecule is Cc1ccc(-c2cnc(N(C)C)nc2C2CCCN(C(=O)Cn3cccn3)C2)cc1. The van der Waals surface area contributed by atoms with Crippen LogP contribution in [0, 0.1) is 6.92 Å². The number of piperidine rings is 1. The maximum Gasteiger partial charge on any atom is 0.244 e. The lowest BCUT2D eigenvalue weighted by Crippen LogP contribution is -2.41. The van der Waals surface area contributed by atoms with Gasteiger partial charge in [-0.3, -0.25) is 9.48 Å². The molecule has 1 aromatic carbocycles. The Morgan fingerprint density at radius 3 is 2.73 bits per heavy atom. The average Bonchev–Trinajstić information content (AvgIpc) is 3.27. The molecule has 1 saturated heterocycles. The Hall–Kier alpha value is -3.22. The van der Waals surface area contributed by atoms with Gasteiger partial charge in [0.1, 0.15) is 6.54 Å². The van der Waals surface area contributed by atoms with E-state index in [1.165, 1.54) is 5.56 Å². The lowest BCUT2D eigenvalue weighted by atomic mass is 9.89. The molecule has 0 N–H and O–H groups in total. The number of amides is 1. The van der Waals surface area contributed by atoms with Crippen LogP contribution in [0.3, 0.4) is 0 Å². The van der Waals surface area contributed by atoms with Crippen molar-refractivity contribution in [2.75, 3.05) is 32.1 Å². The third-order valence-corrected chi connectivity index (χ3v) is 5.59. The molecule has 1 unspecified atom stereocenters. The molecule has 3 heterocycles. The van der Waals surface area contributed by atoms with Gasteiger partial charge in [-0.05, 0) is 31.4 Å². The molecular formula is C23H28N6O. The van der Waals surface area contributed by atoms with Gasteiger partial charge < -0.3 is 9.80 Å². The molecule has 156 valence electrons. The van der Waals surface area contributed by atoms with Crippen molar-refractivity contribution < 1.29 is 4.79 Å². The van der Waals surface area contributed by atoms with Crippen LogP contribution in [0.5, 0.6) is 0 Å². The monoisotopic (exact) mass is 404 g/mol. The van der Waals surface area contributed by atoms with Gasteiger partial charge in [-0.1, -0.05) is 29.8 Å². The quantitative estimate of drug-likeness (QED) is 0.654. The number of rotatable bonds is 5. The average molecular weight is 405 g/mol. The summed E-state index contributed by atoms with van der Waals surface area (Å²) < 4.78 is 1.68. The minimum absolute atomic E-state index is 0.0992. The van der Waals surface area contributed by atoms with Crippen molar-refractivity contribution in [1.82, 2.24) is 24.6 Å². The van der Waals surface area contributed by atoms with Gasteiger partial charge in [0.25, 0.3) is 0 Å². The van der Waals surface area contributed by atoms with Crippen molar-refractivity contribution in [1.29, 1.82) is 0 Å². The fourth-order valence-electron chi connectivity index (χ4n) is 3.93. The Bertz CT molecular complexity index is 997. The minimum atomic E-state index is 0.0992. The lowest BCUT2D eigenvalue weighted by Gasteiger charge is -2.33. The third kappa shape index (κ3) is 4.35. The fourth-order valence-corrected chi connectivity index (χ4v) is 3.93. The van der Waals surface area contributed by atoms with Gasteiger partial charge in [0.2, 0.25) is 11.9 Å². The second-order valence-electron chi connectivity index (χ2n) is 8.11. The summed E-state index contributed by atoms with van der Waals surface area (Å²) in [5.74, 6) is 0.973. The topological polar surface area (TPSA) is 67.2 Å². The zero-order chi connectivity index (χ0) is 21.1. The highest BCUT2D eigenvalue weighted by Crippen LogP contribution is 2.34. The first-order chi connectivity index (χ1) is 14.5. The number of benzene rings is 1. The van der Waals surface area contributed by atoms with E-state index in [1.54, 1.807) is 10.9 Å². The summed E-state index contributed by atoms with van der Waals surface area (Å²) in [7, 11) is 3.90. The molecule has 7 nitrogen and oxygen atoms in total. The number of hydrogen-bond donors (Lipinski definition) is 0. The summed E-state index contributed by atoms with van der Waals surface area (Å²) in [4.78, 5) is 26.2. The van der Waals surface area contributed by atoms with Gasteiger partial charge in [-0.2, -0.15) is 5.10 Å². The number of hydrogen-bond acceptors (Lipinski definition) is 5. The van der Waals surface area contributed by atoms with Crippen LogP contribution in [-0.2, 0) is 11.3 Å². The molecule has 1 atom stereocenters. The molecule has 0 spiro atoms. The van der Waals surface area contributed by atoms with Crippen molar-refractivity contribution in [3.63, 3.8) is 0 Å². The predicted octanol–water partition coefficient (Wildman–Crippen LogP) is 3.12. The molecule has 7 heteroatoms. The van der Waals surface area contributed by atoms with Crippen LogP contribution in [0.2, 0.25) is 0 Å². The van der Waals surface area contributed by atoms with Gasteiger partial charge in [0.15, 0.2) is 0 Å². The van der Waals surface area contributed by atoms with E-state index in [0.717, 1.165) is 36.2 Å². The van der Waals surface area contributed by atoms with Crippen LogP contribution in [-0.4, -0.2) is 57.7 Å². The van der Waals surface area contributed by atoms with Crippen LogP contribution in [0.4, 0.5) is 5.95 Å². The van der Waals surface area contributed by atoms with E-state index in [9.17, 15) is 4.79 Å². The number of aryl methyl sites for hydroxylation is 1. The Kier molecular flexibility index (Phi) is 5.79. The minimum Gasteiger partial charge on any atom is -0.347 e. The Labute approximate surface area is 177 Å². The van der Waals surface area contributed by atoms with E-state index < -0.39 is 0 Å². The van der Waals surface area contributed by atoms with E-state index in [-0.39, 0.29) is 18.4 Å². The van der Waals surface area contributed by atoms with Gasteiger partial charge in [0, 0.05) is 57.3 Å². The molecule has 1 fully saturated rings. The van der Waals surface area contributed by atoms with Crippen molar-refractivity contribution in [2.45, 2.75) is 32.2 Å². The summed E-state index contributed by atoms with van der Waals surface area (Å²) in [6, 6.07) is 10.3. The summed E-state index contributed by atoms with van der Waals surface area (Å²) >= 11 is 0. The summed E-state index contributed by atoms with van der Waals surface area (Å²) in [5, 5.41) is 4.16. The highest BCUT2D eigenvalue weighted by Gasteiger charge is 2.28. The molecule has 30 heavy (non-hydrogen) atoms. The van der Waals surface area contributed by atoms with Crippen molar-refractivity contribution >= 4 is 11.9 Å². The fraction of sp³-hybridized carbons (Fsp3) is 0.391. The molecule has 0 saturated carbocycles. The maximum atomic E-state index is 12.8. The molecule has 4 rings (SSSR count). The molecule has 1 amide bonds. The third-order valence-electron chi connectivity index (χ3n) is 5.59. The molecular weight excluding hydrogens is 376 g/mol. The standard InChI is InChI=1S/C23H28N6O/c1-17-7-9-18(10-8-17)20-14-24-23(27(2)3)26-22(20)19-6-4-12-28(15-19)21(30)16-29-13-5-11-25-29/h5,7-11,13-14,19H,4,6,12,15-16H2,1-3H3. The molecule has 3 aromatic rings. The highest BCUT2D eigenvalue weighted by molar-refractivity contribution is 5.76. The summed E-state index contributed by atoms with van der Waals surface area (Å²) in [6.45, 7) is 3.81. The van der Waals surface area contributed by atoms with Crippen molar-refractivity contribution in [2.24, 2.45) is 0 Å². The Balaban J connectivity index is 1.63. The summed E-state index contributed by atoms with van der Waals surface area (Å²) in [6.07, 6.45) is 7.41. The molecule has 2 aromatic heterocycles. The van der Waals surface area contributed by atoms with E-state index in [0.29, 0.717) is 12.5 Å². The van der Waals surface area contributed by atoms with Crippen molar-refractivity contribution in [3.05, 3.63) is 60.2 Å². The van der Waals surface area contributed by atoms with Gasteiger partial charge in [0.05, 0.1) is 5.69 Å². The van der Waals surface area contributed by atoms with Crippen molar-refractivity contribution in [3.8, 4) is 11.1 Å². The molecule has 0 aliphatic carbocycles. The first-order valence-corrected chi connectivity index (χ1v) is 10.4. The van der Waals surface area contributed by atoms with Crippen LogP contribution >= 0.6 is 0 Å². The first-order valence-electron chi connectivity index (χ1n) is 10.4. The van der Waals surface area contributed by atoms with Gasteiger partial charge in [-0.15, -0.1) is 0 Å². The van der Waals surface area contributed by atoms with Gasteiger partial charge in [-0.25, -0.2) is 9.97 Å². The predicted molar refractivity (Wildman–Crippen MR) is 117 cm³/mol. The number of anilines is 1. The zero-order valence-corrected chi connectivity index (χ0v) is 17.8. The largest absolute Gasteiger partial charge is 0.347 e. The normalized spacial score (nSPS) is 16.5. The molecule has 1 aliphatic heterocycles. The smallest absolute Gasteiger partial charge is 0.244 e. The van der Waals surface area contributed by atoms with Crippen LogP contribution < -0.4 is 4.90 Å². The van der Waals surface area contributed by atoms with E-state index >= 15 is 0 Å². The number of likely N-dealkylation sites (tertiary alicyclic amines) is 1. The molecule has 0 radical (unpaired) electrons. The second-order valence-corrected chi connectivity index (χ2v) is 8.11. The van der Waals surface area contributed by atoms with Crippen LogP contribution in [0.15, 0.2) is 48.9 Å². The molecule has 1 aliphatic rings. The van der Waals surface area contributed by atoms with Crippen LogP contribution in [0.25, 0.3) is 11.1 Å². The van der Waals surface area contributed by atoms with Gasteiger partial charge >= 0.3 is 0 Å². The highest BCUT2D eigenvalue weighted by atomic mass is 16.2. The Morgan fingerprint density at radius 1 is 1.23 bits per heavy atom. The van der Waals surface area contributed by atoms with E-state index in [4.69, 9.17) is 4.98 Å². The Morgan fingerprint density at radius 2 is 2.03 bits per heavy atom. The zero-order valence-electron chi connectivity index (χ0n) is 17.8. The molecule has 0 bridgehead atoms. The number of nitrogens with zero attached hydrogens (tertiary/aromatic N) is 6.